The molecule has 5 heteroatoms. The summed E-state index contributed by atoms with van der Waals surface area (Å²) in [7, 11) is 0. The van der Waals surface area contributed by atoms with Gasteiger partial charge in [0.25, 0.3) is 0 Å². The van der Waals surface area contributed by atoms with E-state index >= 15 is 0 Å². The first-order valence-corrected chi connectivity index (χ1v) is 7.34. The van der Waals surface area contributed by atoms with Crippen LogP contribution in [0.25, 0.3) is 0 Å². The maximum absolute atomic E-state index is 11.6. The standard InChI is InChI=1S/C14H26N2O3/c1-4-15-14(13(17)18)6-5-12(7-14)16-8-11(3)19-9-10(16)2/h10-12,15H,4-9H2,1-3H3,(H,17,18). The van der Waals surface area contributed by atoms with Crippen molar-refractivity contribution in [2.75, 3.05) is 19.7 Å². The summed E-state index contributed by atoms with van der Waals surface area (Å²) in [6.07, 6.45) is 2.62. The number of rotatable bonds is 4. The zero-order chi connectivity index (χ0) is 14.0. The van der Waals surface area contributed by atoms with Crippen molar-refractivity contribution >= 4 is 5.97 Å². The molecule has 1 heterocycles. The van der Waals surface area contributed by atoms with Gasteiger partial charge in [-0.3, -0.25) is 9.69 Å². The Morgan fingerprint density at radius 3 is 2.89 bits per heavy atom. The molecule has 0 bridgehead atoms. The van der Waals surface area contributed by atoms with E-state index in [2.05, 4.69) is 24.1 Å². The summed E-state index contributed by atoms with van der Waals surface area (Å²) < 4.78 is 5.65. The normalized spacial score (nSPS) is 40.5. The lowest BCUT2D eigenvalue weighted by Crippen LogP contribution is -2.54. The Labute approximate surface area is 115 Å². The molecule has 2 aliphatic rings. The van der Waals surface area contributed by atoms with Crippen molar-refractivity contribution in [1.82, 2.24) is 10.2 Å². The largest absolute Gasteiger partial charge is 0.480 e. The number of hydrogen-bond acceptors (Lipinski definition) is 4. The lowest BCUT2D eigenvalue weighted by molar-refractivity contribution is -0.145. The van der Waals surface area contributed by atoms with E-state index in [1.807, 2.05) is 6.92 Å². The summed E-state index contributed by atoms with van der Waals surface area (Å²) in [4.78, 5) is 14.0. The maximum Gasteiger partial charge on any atom is 0.323 e. The Morgan fingerprint density at radius 1 is 1.53 bits per heavy atom. The first-order chi connectivity index (χ1) is 8.98. The SMILES string of the molecule is CCNC1(C(=O)O)CCC(N2CC(C)OCC2C)C1. The van der Waals surface area contributed by atoms with Crippen LogP contribution in [0.15, 0.2) is 0 Å². The summed E-state index contributed by atoms with van der Waals surface area (Å²) in [6.45, 7) is 8.58. The second-order valence-corrected chi connectivity index (χ2v) is 6.00. The van der Waals surface area contributed by atoms with Gasteiger partial charge >= 0.3 is 5.97 Å². The number of morpholine rings is 1. The molecule has 2 N–H and O–H groups in total. The van der Waals surface area contributed by atoms with E-state index in [1.165, 1.54) is 0 Å². The van der Waals surface area contributed by atoms with E-state index in [0.717, 1.165) is 26.0 Å². The molecule has 2 rings (SSSR count). The number of carboxylic acid groups (broad SMARTS) is 1. The molecule has 0 aromatic rings. The molecule has 1 saturated carbocycles. The summed E-state index contributed by atoms with van der Waals surface area (Å²) >= 11 is 0. The van der Waals surface area contributed by atoms with Crippen molar-refractivity contribution < 1.29 is 14.6 Å². The number of carbonyl (C=O) groups is 1. The highest BCUT2D eigenvalue weighted by Gasteiger charge is 2.47. The molecule has 19 heavy (non-hydrogen) atoms. The highest BCUT2D eigenvalue weighted by Crippen LogP contribution is 2.35. The van der Waals surface area contributed by atoms with Gasteiger partial charge in [-0.2, -0.15) is 0 Å². The summed E-state index contributed by atoms with van der Waals surface area (Å²) in [5.41, 5.74) is -0.722. The summed E-state index contributed by atoms with van der Waals surface area (Å²) in [6, 6.07) is 0.740. The monoisotopic (exact) mass is 270 g/mol. The van der Waals surface area contributed by atoms with Crippen LogP contribution in [0.4, 0.5) is 0 Å². The van der Waals surface area contributed by atoms with Gasteiger partial charge in [0, 0.05) is 18.6 Å². The molecule has 110 valence electrons. The van der Waals surface area contributed by atoms with Crippen LogP contribution in [0.2, 0.25) is 0 Å². The van der Waals surface area contributed by atoms with Gasteiger partial charge in [0.05, 0.1) is 12.7 Å². The van der Waals surface area contributed by atoms with Gasteiger partial charge in [-0.25, -0.2) is 0 Å². The zero-order valence-corrected chi connectivity index (χ0v) is 12.2. The second-order valence-electron chi connectivity index (χ2n) is 6.00. The van der Waals surface area contributed by atoms with Crippen LogP contribution >= 0.6 is 0 Å². The first-order valence-electron chi connectivity index (χ1n) is 7.34. The quantitative estimate of drug-likeness (QED) is 0.800. The molecule has 0 aromatic carbocycles. The maximum atomic E-state index is 11.6. The van der Waals surface area contributed by atoms with Crippen LogP contribution in [-0.2, 0) is 9.53 Å². The summed E-state index contributed by atoms with van der Waals surface area (Å²) in [5.74, 6) is -0.703. The van der Waals surface area contributed by atoms with Gasteiger partial charge in [-0.05, 0) is 39.7 Å². The molecule has 1 saturated heterocycles. The van der Waals surface area contributed by atoms with E-state index in [0.29, 0.717) is 25.0 Å². The van der Waals surface area contributed by atoms with E-state index < -0.39 is 11.5 Å². The fourth-order valence-corrected chi connectivity index (χ4v) is 3.51. The molecule has 0 amide bonds. The molecule has 0 aromatic heterocycles. The Bertz CT molecular complexity index is 337. The minimum Gasteiger partial charge on any atom is -0.480 e. The smallest absolute Gasteiger partial charge is 0.323 e. The van der Waals surface area contributed by atoms with Crippen LogP contribution in [0.3, 0.4) is 0 Å². The molecule has 4 unspecified atom stereocenters. The minimum absolute atomic E-state index is 0.246. The van der Waals surface area contributed by atoms with Gasteiger partial charge < -0.3 is 15.2 Å². The fourth-order valence-electron chi connectivity index (χ4n) is 3.51. The molecule has 1 aliphatic heterocycles. The van der Waals surface area contributed by atoms with Crippen molar-refractivity contribution in [2.45, 2.75) is 63.8 Å². The van der Waals surface area contributed by atoms with Gasteiger partial charge in [-0.1, -0.05) is 6.92 Å². The molecule has 1 aliphatic carbocycles. The lowest BCUT2D eigenvalue weighted by atomic mass is 9.97. The van der Waals surface area contributed by atoms with Crippen LogP contribution in [0.1, 0.15) is 40.0 Å². The average molecular weight is 270 g/mol. The van der Waals surface area contributed by atoms with Crippen LogP contribution in [-0.4, -0.2) is 59.4 Å². The number of nitrogens with zero attached hydrogens (tertiary/aromatic N) is 1. The number of hydrogen-bond donors (Lipinski definition) is 2. The number of ether oxygens (including phenoxy) is 1. The van der Waals surface area contributed by atoms with Crippen molar-refractivity contribution in [3.63, 3.8) is 0 Å². The van der Waals surface area contributed by atoms with Crippen molar-refractivity contribution in [2.24, 2.45) is 0 Å². The molecule has 2 fully saturated rings. The number of carboxylic acids is 1. The third-order valence-corrected chi connectivity index (χ3v) is 4.54. The molecule has 5 nitrogen and oxygen atoms in total. The minimum atomic E-state index is -0.722. The van der Waals surface area contributed by atoms with Crippen molar-refractivity contribution in [1.29, 1.82) is 0 Å². The third kappa shape index (κ3) is 2.93. The topological polar surface area (TPSA) is 61.8 Å². The van der Waals surface area contributed by atoms with Gasteiger partial charge in [0.15, 0.2) is 0 Å². The molecular formula is C14H26N2O3. The fraction of sp³-hybridized carbons (Fsp3) is 0.929. The van der Waals surface area contributed by atoms with Crippen LogP contribution in [0, 0.1) is 0 Å². The Morgan fingerprint density at radius 2 is 2.26 bits per heavy atom. The third-order valence-electron chi connectivity index (χ3n) is 4.54. The van der Waals surface area contributed by atoms with Gasteiger partial charge in [0.1, 0.15) is 5.54 Å². The number of aliphatic carboxylic acids is 1. The molecular weight excluding hydrogens is 244 g/mol. The first kappa shape index (κ1) is 14.8. The number of likely N-dealkylation sites (N-methyl/N-ethyl adjacent to an activating group) is 1. The van der Waals surface area contributed by atoms with E-state index in [9.17, 15) is 9.90 Å². The lowest BCUT2D eigenvalue weighted by Gasteiger charge is -2.41. The van der Waals surface area contributed by atoms with E-state index in [4.69, 9.17) is 4.74 Å². The Balaban J connectivity index is 2.05. The second kappa shape index (κ2) is 5.77. The highest BCUT2D eigenvalue weighted by atomic mass is 16.5. The summed E-state index contributed by atoms with van der Waals surface area (Å²) in [5, 5.41) is 12.7. The Kier molecular flexibility index (Phi) is 4.48. The Hall–Kier alpha value is -0.650. The highest BCUT2D eigenvalue weighted by molar-refractivity contribution is 5.79. The predicted molar refractivity (Wildman–Crippen MR) is 73.3 cm³/mol. The van der Waals surface area contributed by atoms with Crippen molar-refractivity contribution in [3.05, 3.63) is 0 Å². The molecule has 4 atom stereocenters. The zero-order valence-electron chi connectivity index (χ0n) is 12.2. The number of nitrogens with one attached hydrogen (secondary N) is 1. The van der Waals surface area contributed by atoms with Crippen LogP contribution in [0.5, 0.6) is 0 Å². The average Bonchev–Trinajstić information content (AvgIpc) is 2.78. The van der Waals surface area contributed by atoms with Gasteiger partial charge in [0.2, 0.25) is 0 Å². The van der Waals surface area contributed by atoms with Gasteiger partial charge in [-0.15, -0.1) is 0 Å². The van der Waals surface area contributed by atoms with E-state index in [-0.39, 0.29) is 6.10 Å². The molecule has 0 spiro atoms. The van der Waals surface area contributed by atoms with E-state index in [1.54, 1.807) is 0 Å². The predicted octanol–water partition coefficient (Wildman–Crippen LogP) is 1.08. The molecule has 0 radical (unpaired) electrons. The van der Waals surface area contributed by atoms with Crippen molar-refractivity contribution in [3.8, 4) is 0 Å². The van der Waals surface area contributed by atoms with Crippen LogP contribution < -0.4 is 5.32 Å².